The third kappa shape index (κ3) is 1.40. The molecule has 0 atom stereocenters. The lowest BCUT2D eigenvalue weighted by Crippen LogP contribution is -1.89. The monoisotopic (exact) mass is 195 g/mol. The number of aryl methyl sites for hydroxylation is 2. The SMILES string of the molecule is Cn1cc(-c2nc(=S)n(C)[nH]2)cn1. The molecule has 0 aromatic carbocycles. The van der Waals surface area contributed by atoms with Crippen LogP contribution < -0.4 is 0 Å². The van der Waals surface area contributed by atoms with Gasteiger partial charge in [0.05, 0.1) is 11.8 Å². The maximum absolute atomic E-state index is 4.97. The van der Waals surface area contributed by atoms with Crippen molar-refractivity contribution in [1.29, 1.82) is 0 Å². The van der Waals surface area contributed by atoms with Gasteiger partial charge >= 0.3 is 0 Å². The van der Waals surface area contributed by atoms with Gasteiger partial charge in [-0.3, -0.25) is 14.5 Å². The molecule has 0 fully saturated rings. The van der Waals surface area contributed by atoms with E-state index in [0.29, 0.717) is 4.77 Å². The minimum absolute atomic E-state index is 0.541. The van der Waals surface area contributed by atoms with E-state index in [1.54, 1.807) is 15.6 Å². The molecule has 0 aliphatic carbocycles. The summed E-state index contributed by atoms with van der Waals surface area (Å²) in [4.78, 5) is 4.16. The Hall–Kier alpha value is -1.43. The molecule has 2 aromatic rings. The summed E-state index contributed by atoms with van der Waals surface area (Å²) in [6.07, 6.45) is 3.63. The number of nitrogens with one attached hydrogen (secondary N) is 1. The van der Waals surface area contributed by atoms with Gasteiger partial charge in [0.2, 0.25) is 4.77 Å². The fourth-order valence-corrected chi connectivity index (χ4v) is 1.21. The number of H-pyrrole nitrogens is 1. The van der Waals surface area contributed by atoms with Crippen molar-refractivity contribution in [2.45, 2.75) is 0 Å². The second-order valence-corrected chi connectivity index (χ2v) is 3.18. The van der Waals surface area contributed by atoms with Crippen LogP contribution >= 0.6 is 12.2 Å². The summed E-state index contributed by atoms with van der Waals surface area (Å²) < 4.78 is 3.96. The van der Waals surface area contributed by atoms with Gasteiger partial charge in [-0.25, -0.2) is 0 Å². The van der Waals surface area contributed by atoms with E-state index in [9.17, 15) is 0 Å². The molecule has 0 saturated heterocycles. The van der Waals surface area contributed by atoms with Crippen molar-refractivity contribution < 1.29 is 0 Å². The van der Waals surface area contributed by atoms with Gasteiger partial charge in [0.15, 0.2) is 5.82 Å². The second kappa shape index (κ2) is 2.81. The van der Waals surface area contributed by atoms with Gasteiger partial charge in [-0.15, -0.1) is 0 Å². The lowest BCUT2D eigenvalue weighted by molar-refractivity contribution is 0.755. The Labute approximate surface area is 80.0 Å². The van der Waals surface area contributed by atoms with E-state index in [0.717, 1.165) is 11.4 Å². The number of nitrogens with zero attached hydrogens (tertiary/aromatic N) is 4. The molecule has 1 N–H and O–H groups in total. The maximum atomic E-state index is 4.97. The predicted octanol–water partition coefficient (Wildman–Crippen LogP) is 0.878. The molecule has 0 aliphatic heterocycles. The summed E-state index contributed by atoms with van der Waals surface area (Å²) in [6.45, 7) is 0. The molecule has 5 nitrogen and oxygen atoms in total. The van der Waals surface area contributed by atoms with Crippen LogP contribution in [0.3, 0.4) is 0 Å². The molecule has 2 aromatic heterocycles. The van der Waals surface area contributed by atoms with E-state index in [1.807, 2.05) is 20.3 Å². The molecule has 13 heavy (non-hydrogen) atoms. The quantitative estimate of drug-likeness (QED) is 0.687. The van der Waals surface area contributed by atoms with Crippen LogP contribution in [0.15, 0.2) is 12.4 Å². The van der Waals surface area contributed by atoms with Crippen LogP contribution in [0.2, 0.25) is 0 Å². The van der Waals surface area contributed by atoms with E-state index in [2.05, 4.69) is 15.2 Å². The highest BCUT2D eigenvalue weighted by molar-refractivity contribution is 7.71. The average Bonchev–Trinajstić information content (AvgIpc) is 2.61. The van der Waals surface area contributed by atoms with Gasteiger partial charge in [-0.05, 0) is 12.2 Å². The van der Waals surface area contributed by atoms with Gasteiger partial charge in [-0.2, -0.15) is 10.1 Å². The first-order valence-corrected chi connectivity index (χ1v) is 4.19. The summed E-state index contributed by atoms with van der Waals surface area (Å²) in [7, 11) is 3.69. The number of hydrogen-bond donors (Lipinski definition) is 1. The molecule has 6 heteroatoms. The van der Waals surface area contributed by atoms with E-state index < -0.39 is 0 Å². The highest BCUT2D eigenvalue weighted by Gasteiger charge is 2.04. The fourth-order valence-electron chi connectivity index (χ4n) is 1.07. The predicted molar refractivity (Wildman–Crippen MR) is 50.6 cm³/mol. The Balaban J connectivity index is 2.52. The Morgan fingerprint density at radius 3 is 2.69 bits per heavy atom. The third-order valence-corrected chi connectivity index (χ3v) is 2.11. The molecule has 0 spiro atoms. The Morgan fingerprint density at radius 1 is 1.46 bits per heavy atom. The summed E-state index contributed by atoms with van der Waals surface area (Å²) >= 11 is 4.97. The minimum atomic E-state index is 0.541. The highest BCUT2D eigenvalue weighted by Crippen LogP contribution is 2.11. The van der Waals surface area contributed by atoms with Crippen molar-refractivity contribution in [2.24, 2.45) is 14.1 Å². The van der Waals surface area contributed by atoms with E-state index in [4.69, 9.17) is 12.2 Å². The molecule has 0 bridgehead atoms. The molecule has 0 radical (unpaired) electrons. The zero-order chi connectivity index (χ0) is 9.42. The molecule has 68 valence electrons. The van der Waals surface area contributed by atoms with Crippen molar-refractivity contribution in [3.05, 3.63) is 17.2 Å². The number of aromatic amines is 1. The van der Waals surface area contributed by atoms with Gasteiger partial charge in [0.25, 0.3) is 0 Å². The van der Waals surface area contributed by atoms with Crippen LogP contribution in [0.4, 0.5) is 0 Å². The van der Waals surface area contributed by atoms with Crippen LogP contribution in [0.5, 0.6) is 0 Å². The fraction of sp³-hybridized carbons (Fsp3) is 0.286. The van der Waals surface area contributed by atoms with Crippen LogP contribution in [-0.4, -0.2) is 24.5 Å². The molecular formula is C7H9N5S. The molecule has 0 unspecified atom stereocenters. The Morgan fingerprint density at radius 2 is 2.23 bits per heavy atom. The summed E-state index contributed by atoms with van der Waals surface area (Å²) in [5.74, 6) is 0.751. The molecule has 0 saturated carbocycles. The highest BCUT2D eigenvalue weighted by atomic mass is 32.1. The van der Waals surface area contributed by atoms with Crippen LogP contribution in [-0.2, 0) is 14.1 Å². The standard InChI is InChI=1S/C7H9N5S/c1-11-4-5(3-8-11)6-9-7(13)12(2)10-6/h3-4H,1-2H3,(H,9,10,13). The van der Waals surface area contributed by atoms with Gasteiger partial charge < -0.3 is 0 Å². The van der Waals surface area contributed by atoms with E-state index >= 15 is 0 Å². The first-order valence-electron chi connectivity index (χ1n) is 3.79. The number of aromatic nitrogens is 5. The molecule has 0 amide bonds. The van der Waals surface area contributed by atoms with Crippen LogP contribution in [0, 0.1) is 4.77 Å². The van der Waals surface area contributed by atoms with Crippen molar-refractivity contribution in [1.82, 2.24) is 24.5 Å². The summed E-state index contributed by atoms with van der Waals surface area (Å²) in [6, 6.07) is 0. The Bertz CT molecular complexity index is 477. The maximum Gasteiger partial charge on any atom is 0.216 e. The van der Waals surface area contributed by atoms with Gasteiger partial charge in [0.1, 0.15) is 0 Å². The smallest absolute Gasteiger partial charge is 0.216 e. The molecular weight excluding hydrogens is 186 g/mol. The van der Waals surface area contributed by atoms with E-state index in [1.165, 1.54) is 0 Å². The number of rotatable bonds is 1. The van der Waals surface area contributed by atoms with Crippen molar-refractivity contribution in [3.63, 3.8) is 0 Å². The van der Waals surface area contributed by atoms with Crippen molar-refractivity contribution in [2.75, 3.05) is 0 Å². The first kappa shape index (κ1) is 8.18. The van der Waals surface area contributed by atoms with Crippen molar-refractivity contribution >= 4 is 12.2 Å². The summed E-state index contributed by atoms with van der Waals surface area (Å²) in [5.41, 5.74) is 0.939. The van der Waals surface area contributed by atoms with Crippen LogP contribution in [0.25, 0.3) is 11.4 Å². The third-order valence-electron chi connectivity index (χ3n) is 1.75. The number of hydrogen-bond acceptors (Lipinski definition) is 3. The lowest BCUT2D eigenvalue weighted by Gasteiger charge is -1.88. The summed E-state index contributed by atoms with van der Waals surface area (Å²) in [5, 5.41) is 7.07. The van der Waals surface area contributed by atoms with Gasteiger partial charge in [0, 0.05) is 20.3 Å². The van der Waals surface area contributed by atoms with Gasteiger partial charge in [-0.1, -0.05) is 0 Å². The topological polar surface area (TPSA) is 51.4 Å². The Kier molecular flexibility index (Phi) is 1.77. The first-order chi connectivity index (χ1) is 6.16. The zero-order valence-electron chi connectivity index (χ0n) is 7.35. The van der Waals surface area contributed by atoms with Crippen LogP contribution in [0.1, 0.15) is 0 Å². The zero-order valence-corrected chi connectivity index (χ0v) is 8.17. The van der Waals surface area contributed by atoms with E-state index in [-0.39, 0.29) is 0 Å². The molecule has 2 heterocycles. The normalized spacial score (nSPS) is 10.6. The minimum Gasteiger partial charge on any atom is -0.279 e. The molecule has 2 rings (SSSR count). The lowest BCUT2D eigenvalue weighted by atomic mass is 10.3. The largest absolute Gasteiger partial charge is 0.279 e. The second-order valence-electron chi connectivity index (χ2n) is 2.82. The average molecular weight is 195 g/mol. The molecule has 0 aliphatic rings. The van der Waals surface area contributed by atoms with Crippen molar-refractivity contribution in [3.8, 4) is 11.4 Å².